The van der Waals surface area contributed by atoms with Crippen molar-refractivity contribution in [2.45, 2.75) is 0 Å². The van der Waals surface area contributed by atoms with Gasteiger partial charge in [0.1, 0.15) is 5.75 Å². The van der Waals surface area contributed by atoms with Crippen LogP contribution in [0.1, 0.15) is 0 Å². The van der Waals surface area contributed by atoms with E-state index >= 15 is 0 Å². The number of phenols is 1. The summed E-state index contributed by atoms with van der Waals surface area (Å²) in [6.07, 6.45) is 3.93. The summed E-state index contributed by atoms with van der Waals surface area (Å²) in [4.78, 5) is 0. The predicted octanol–water partition coefficient (Wildman–Crippen LogP) is 1.23. The minimum atomic E-state index is 0.297. The van der Waals surface area contributed by atoms with Crippen molar-refractivity contribution in [1.82, 2.24) is 5.43 Å². The van der Waals surface area contributed by atoms with Crippen LogP contribution >= 0.6 is 0 Å². The Labute approximate surface area is 70.9 Å². The molecule has 0 bridgehead atoms. The molecule has 0 unspecified atom stereocenters. The number of aromatic hydroxyl groups is 1. The van der Waals surface area contributed by atoms with Gasteiger partial charge in [-0.15, -0.1) is 0 Å². The number of nitrogens with one attached hydrogen (secondary N) is 1. The van der Waals surface area contributed by atoms with Gasteiger partial charge in [0.25, 0.3) is 0 Å². The van der Waals surface area contributed by atoms with Gasteiger partial charge in [0.15, 0.2) is 0 Å². The lowest BCUT2D eigenvalue weighted by molar-refractivity contribution is 0.475. The van der Waals surface area contributed by atoms with Crippen LogP contribution in [0, 0.1) is 0 Å². The second-order valence-electron chi connectivity index (χ2n) is 2.66. The third-order valence-corrected chi connectivity index (χ3v) is 1.80. The van der Waals surface area contributed by atoms with E-state index in [1.54, 1.807) is 12.1 Å². The van der Waals surface area contributed by atoms with E-state index in [4.69, 9.17) is 5.11 Å². The van der Waals surface area contributed by atoms with Crippen molar-refractivity contribution in [3.05, 3.63) is 36.5 Å². The number of rotatable bonds is 1. The van der Waals surface area contributed by atoms with E-state index in [1.807, 2.05) is 29.4 Å². The van der Waals surface area contributed by atoms with Gasteiger partial charge in [0.05, 0.1) is 12.2 Å². The van der Waals surface area contributed by atoms with Crippen LogP contribution in [0.2, 0.25) is 0 Å². The monoisotopic (exact) mass is 162 g/mol. The lowest BCUT2D eigenvalue weighted by Crippen LogP contribution is -2.29. The average molecular weight is 162 g/mol. The van der Waals surface area contributed by atoms with E-state index in [9.17, 15) is 0 Å². The molecule has 2 N–H and O–H groups in total. The van der Waals surface area contributed by atoms with Gasteiger partial charge in [-0.3, -0.25) is 5.01 Å². The highest BCUT2D eigenvalue weighted by Crippen LogP contribution is 2.17. The summed E-state index contributed by atoms with van der Waals surface area (Å²) < 4.78 is 0. The lowest BCUT2D eigenvalue weighted by atomic mass is 10.3. The Morgan fingerprint density at radius 2 is 2.00 bits per heavy atom. The van der Waals surface area contributed by atoms with Crippen LogP contribution in [0.25, 0.3) is 0 Å². The summed E-state index contributed by atoms with van der Waals surface area (Å²) >= 11 is 0. The summed E-state index contributed by atoms with van der Waals surface area (Å²) in [6, 6.07) is 7.09. The minimum Gasteiger partial charge on any atom is -0.508 e. The molecule has 0 radical (unpaired) electrons. The maximum Gasteiger partial charge on any atom is 0.115 e. The summed E-state index contributed by atoms with van der Waals surface area (Å²) in [5, 5.41) is 11.0. The van der Waals surface area contributed by atoms with E-state index in [0.29, 0.717) is 5.75 Å². The number of benzene rings is 1. The molecule has 3 heteroatoms. The molecule has 0 amide bonds. The Hall–Kier alpha value is -1.64. The molecule has 0 atom stereocenters. The van der Waals surface area contributed by atoms with Crippen LogP contribution in [-0.4, -0.2) is 11.7 Å². The second kappa shape index (κ2) is 2.77. The van der Waals surface area contributed by atoms with Crippen molar-refractivity contribution in [2.24, 2.45) is 0 Å². The standard InChI is InChI=1S/C9H10N2O/c12-9-4-2-8(3-5-9)11-7-1-6-10-11/h1-6,10,12H,7H2. The fourth-order valence-corrected chi connectivity index (χ4v) is 1.17. The predicted molar refractivity (Wildman–Crippen MR) is 47.7 cm³/mol. The van der Waals surface area contributed by atoms with E-state index in [1.165, 1.54) is 0 Å². The van der Waals surface area contributed by atoms with Crippen LogP contribution in [-0.2, 0) is 0 Å². The van der Waals surface area contributed by atoms with Gasteiger partial charge in [0.2, 0.25) is 0 Å². The van der Waals surface area contributed by atoms with E-state index in [-0.39, 0.29) is 0 Å². The number of anilines is 1. The first-order valence-electron chi connectivity index (χ1n) is 3.84. The number of nitrogens with zero attached hydrogens (tertiary/aromatic N) is 1. The molecule has 0 aliphatic carbocycles. The zero-order valence-electron chi connectivity index (χ0n) is 6.57. The van der Waals surface area contributed by atoms with Crippen LogP contribution < -0.4 is 10.4 Å². The van der Waals surface area contributed by atoms with Crippen molar-refractivity contribution in [3.8, 4) is 5.75 Å². The average Bonchev–Trinajstić information content (AvgIpc) is 2.58. The molecule has 0 saturated carbocycles. The topological polar surface area (TPSA) is 35.5 Å². The van der Waals surface area contributed by atoms with Gasteiger partial charge in [-0.05, 0) is 30.3 Å². The Morgan fingerprint density at radius 3 is 2.58 bits per heavy atom. The van der Waals surface area contributed by atoms with Crippen molar-refractivity contribution >= 4 is 5.69 Å². The summed E-state index contributed by atoms with van der Waals surface area (Å²) in [5.74, 6) is 0.297. The highest BCUT2D eigenvalue weighted by Gasteiger charge is 2.05. The minimum absolute atomic E-state index is 0.297. The number of hydrogen-bond acceptors (Lipinski definition) is 3. The van der Waals surface area contributed by atoms with Crippen molar-refractivity contribution < 1.29 is 5.11 Å². The molecule has 2 rings (SSSR count). The molecule has 62 valence electrons. The third kappa shape index (κ3) is 1.21. The molecular weight excluding hydrogens is 152 g/mol. The van der Waals surface area contributed by atoms with Gasteiger partial charge >= 0.3 is 0 Å². The van der Waals surface area contributed by atoms with Gasteiger partial charge in [0, 0.05) is 6.20 Å². The number of phenolic OH excluding ortho intramolecular Hbond substituents is 1. The van der Waals surface area contributed by atoms with E-state index in [0.717, 1.165) is 12.2 Å². The van der Waals surface area contributed by atoms with Crippen LogP contribution in [0.15, 0.2) is 36.5 Å². The first kappa shape index (κ1) is 7.03. The van der Waals surface area contributed by atoms with Crippen LogP contribution in [0.4, 0.5) is 5.69 Å². The fraction of sp³-hybridized carbons (Fsp3) is 0.111. The molecule has 1 aliphatic heterocycles. The maximum atomic E-state index is 9.04. The van der Waals surface area contributed by atoms with E-state index in [2.05, 4.69) is 5.43 Å². The first-order valence-corrected chi connectivity index (χ1v) is 3.84. The van der Waals surface area contributed by atoms with Gasteiger partial charge in [-0.25, -0.2) is 0 Å². The Bertz CT molecular complexity index is 284. The largest absolute Gasteiger partial charge is 0.508 e. The third-order valence-electron chi connectivity index (χ3n) is 1.80. The Balaban J connectivity index is 2.18. The highest BCUT2D eigenvalue weighted by atomic mass is 16.3. The Kier molecular flexibility index (Phi) is 1.63. The maximum absolute atomic E-state index is 9.04. The smallest absolute Gasteiger partial charge is 0.115 e. The molecule has 0 saturated heterocycles. The molecule has 12 heavy (non-hydrogen) atoms. The lowest BCUT2D eigenvalue weighted by Gasteiger charge is -2.17. The van der Waals surface area contributed by atoms with Gasteiger partial charge < -0.3 is 10.5 Å². The SMILES string of the molecule is Oc1ccc(N2CC=CN2)cc1. The van der Waals surface area contributed by atoms with Gasteiger partial charge in [-0.1, -0.05) is 0 Å². The fourth-order valence-electron chi connectivity index (χ4n) is 1.17. The summed E-state index contributed by atoms with van der Waals surface area (Å²) in [6.45, 7) is 0.866. The van der Waals surface area contributed by atoms with Crippen molar-refractivity contribution in [3.63, 3.8) is 0 Å². The zero-order chi connectivity index (χ0) is 8.39. The molecule has 0 aromatic heterocycles. The molecule has 0 fully saturated rings. The van der Waals surface area contributed by atoms with Crippen molar-refractivity contribution in [1.29, 1.82) is 0 Å². The molecule has 1 heterocycles. The summed E-state index contributed by atoms with van der Waals surface area (Å²) in [7, 11) is 0. The van der Waals surface area contributed by atoms with Crippen LogP contribution in [0.5, 0.6) is 5.75 Å². The number of hydrogen-bond donors (Lipinski definition) is 2. The highest BCUT2D eigenvalue weighted by molar-refractivity contribution is 5.49. The molecule has 3 nitrogen and oxygen atoms in total. The molecule has 1 aromatic rings. The summed E-state index contributed by atoms with van der Waals surface area (Å²) in [5.41, 5.74) is 4.12. The van der Waals surface area contributed by atoms with Crippen LogP contribution in [0.3, 0.4) is 0 Å². The zero-order valence-corrected chi connectivity index (χ0v) is 6.57. The number of hydrazine groups is 1. The Morgan fingerprint density at radius 1 is 1.25 bits per heavy atom. The molecular formula is C9H10N2O. The van der Waals surface area contributed by atoms with Crippen molar-refractivity contribution in [2.75, 3.05) is 11.6 Å². The van der Waals surface area contributed by atoms with Gasteiger partial charge in [-0.2, -0.15) is 0 Å². The first-order chi connectivity index (χ1) is 5.86. The molecule has 1 aliphatic rings. The molecule has 1 aromatic carbocycles. The van der Waals surface area contributed by atoms with E-state index < -0.39 is 0 Å². The normalized spacial score (nSPS) is 14.8. The quantitative estimate of drug-likeness (QED) is 0.652. The molecule has 0 spiro atoms. The second-order valence-corrected chi connectivity index (χ2v) is 2.66.